The van der Waals surface area contributed by atoms with Gasteiger partial charge in [-0.3, -0.25) is 4.79 Å². The number of nitrogens with zero attached hydrogens (tertiary/aromatic N) is 1. The lowest BCUT2D eigenvalue weighted by Crippen LogP contribution is -2.41. The van der Waals surface area contributed by atoms with Gasteiger partial charge in [-0.1, -0.05) is 6.07 Å². The average Bonchev–Trinajstić information content (AvgIpc) is 2.91. The molecule has 0 radical (unpaired) electrons. The Bertz CT molecular complexity index is 356. The lowest BCUT2D eigenvalue weighted by Gasteiger charge is -2.33. The number of hydrogen-bond acceptors (Lipinski definition) is 3. The second kappa shape index (κ2) is 5.65. The van der Waals surface area contributed by atoms with Crippen LogP contribution in [0.5, 0.6) is 0 Å². The van der Waals surface area contributed by atoms with Crippen molar-refractivity contribution in [2.45, 2.75) is 25.7 Å². The minimum absolute atomic E-state index is 0.00410. The van der Waals surface area contributed by atoms with Gasteiger partial charge in [0.05, 0.1) is 5.92 Å². The highest BCUT2D eigenvalue weighted by atomic mass is 32.1. The van der Waals surface area contributed by atoms with Gasteiger partial charge in [-0.15, -0.1) is 11.3 Å². The van der Waals surface area contributed by atoms with Crippen LogP contribution in [0.1, 0.15) is 30.6 Å². The van der Waals surface area contributed by atoms with Crippen molar-refractivity contribution >= 4 is 17.2 Å². The summed E-state index contributed by atoms with van der Waals surface area (Å²) in [6.07, 6.45) is 2.11. The molecule has 1 aromatic rings. The Labute approximate surface area is 107 Å². The minimum Gasteiger partial charge on any atom is -0.342 e. The van der Waals surface area contributed by atoms with Crippen molar-refractivity contribution in [2.75, 3.05) is 19.6 Å². The zero-order valence-electron chi connectivity index (χ0n) is 10.3. The number of piperidine rings is 1. The van der Waals surface area contributed by atoms with Crippen LogP contribution in [0.4, 0.5) is 0 Å². The molecule has 1 unspecified atom stereocenters. The minimum atomic E-state index is 0.00410. The van der Waals surface area contributed by atoms with Gasteiger partial charge < -0.3 is 10.6 Å². The molecule has 0 spiro atoms. The number of likely N-dealkylation sites (tertiary alicyclic amines) is 1. The van der Waals surface area contributed by atoms with Gasteiger partial charge in [-0.05, 0) is 43.7 Å². The third-order valence-corrected chi connectivity index (χ3v) is 4.65. The van der Waals surface area contributed by atoms with Crippen LogP contribution in [-0.2, 0) is 4.79 Å². The first-order valence-electron chi connectivity index (χ1n) is 6.24. The van der Waals surface area contributed by atoms with E-state index in [0.29, 0.717) is 5.92 Å². The van der Waals surface area contributed by atoms with Crippen LogP contribution in [0.25, 0.3) is 0 Å². The van der Waals surface area contributed by atoms with Crippen molar-refractivity contribution in [1.29, 1.82) is 0 Å². The number of rotatable bonds is 3. The SMILES string of the molecule is CC(C(=O)N1CCC(CN)CC1)c1cccs1. The van der Waals surface area contributed by atoms with Gasteiger partial charge >= 0.3 is 0 Å². The van der Waals surface area contributed by atoms with E-state index in [2.05, 4.69) is 0 Å². The van der Waals surface area contributed by atoms with Crippen molar-refractivity contribution in [1.82, 2.24) is 4.90 Å². The first-order chi connectivity index (χ1) is 8.22. The summed E-state index contributed by atoms with van der Waals surface area (Å²) in [4.78, 5) is 15.5. The first-order valence-corrected chi connectivity index (χ1v) is 7.12. The molecule has 1 saturated heterocycles. The van der Waals surface area contributed by atoms with Crippen molar-refractivity contribution < 1.29 is 4.79 Å². The molecule has 1 fully saturated rings. The van der Waals surface area contributed by atoms with E-state index in [0.717, 1.165) is 37.4 Å². The summed E-state index contributed by atoms with van der Waals surface area (Å²) < 4.78 is 0. The fraction of sp³-hybridized carbons (Fsp3) is 0.615. The van der Waals surface area contributed by atoms with Gasteiger partial charge in [0, 0.05) is 18.0 Å². The number of nitrogens with two attached hydrogens (primary N) is 1. The summed E-state index contributed by atoms with van der Waals surface area (Å²) in [6.45, 7) is 4.50. The van der Waals surface area contributed by atoms with Crippen molar-refractivity contribution in [3.8, 4) is 0 Å². The summed E-state index contributed by atoms with van der Waals surface area (Å²) in [5.41, 5.74) is 5.66. The largest absolute Gasteiger partial charge is 0.342 e. The Hall–Kier alpha value is -0.870. The summed E-state index contributed by atoms with van der Waals surface area (Å²) in [7, 11) is 0. The molecule has 4 heteroatoms. The molecule has 94 valence electrons. The van der Waals surface area contributed by atoms with Crippen LogP contribution >= 0.6 is 11.3 Å². The monoisotopic (exact) mass is 252 g/mol. The topological polar surface area (TPSA) is 46.3 Å². The first kappa shape index (κ1) is 12.6. The number of amides is 1. The standard InChI is InChI=1S/C13H20N2OS/c1-10(12-3-2-8-17-12)13(16)15-6-4-11(9-14)5-7-15/h2-3,8,10-11H,4-7,9,14H2,1H3. The molecule has 2 N–H and O–H groups in total. The maximum Gasteiger partial charge on any atom is 0.230 e. The predicted octanol–water partition coefficient (Wildman–Crippen LogP) is 2.05. The number of carbonyl (C=O) groups is 1. The lowest BCUT2D eigenvalue weighted by atomic mass is 9.96. The van der Waals surface area contributed by atoms with E-state index in [1.165, 1.54) is 0 Å². The molecule has 17 heavy (non-hydrogen) atoms. The second-order valence-electron chi connectivity index (χ2n) is 4.74. The van der Waals surface area contributed by atoms with Crippen LogP contribution in [-0.4, -0.2) is 30.4 Å². The summed E-state index contributed by atoms with van der Waals surface area (Å²) in [5, 5.41) is 2.03. The van der Waals surface area contributed by atoms with Gasteiger partial charge in [-0.2, -0.15) is 0 Å². The summed E-state index contributed by atoms with van der Waals surface area (Å²) in [6, 6.07) is 4.05. The van der Waals surface area contributed by atoms with Crippen molar-refractivity contribution in [3.05, 3.63) is 22.4 Å². The van der Waals surface area contributed by atoms with Crippen LogP contribution in [0.15, 0.2) is 17.5 Å². The van der Waals surface area contributed by atoms with Crippen LogP contribution in [0.3, 0.4) is 0 Å². The average molecular weight is 252 g/mol. The number of hydrogen-bond donors (Lipinski definition) is 1. The maximum atomic E-state index is 12.3. The predicted molar refractivity (Wildman–Crippen MR) is 71.1 cm³/mol. The quantitative estimate of drug-likeness (QED) is 0.895. The molecule has 1 amide bonds. The fourth-order valence-electron chi connectivity index (χ4n) is 2.32. The van der Waals surface area contributed by atoms with E-state index in [4.69, 9.17) is 5.73 Å². The molecular formula is C13H20N2OS. The van der Waals surface area contributed by atoms with Crippen molar-refractivity contribution in [2.24, 2.45) is 11.7 Å². The zero-order chi connectivity index (χ0) is 12.3. The maximum absolute atomic E-state index is 12.3. The van der Waals surface area contributed by atoms with Gasteiger partial charge in [0.2, 0.25) is 5.91 Å². The van der Waals surface area contributed by atoms with Gasteiger partial charge in [0.25, 0.3) is 0 Å². The summed E-state index contributed by atoms with van der Waals surface area (Å²) in [5.74, 6) is 0.878. The normalized spacial score (nSPS) is 19.3. The summed E-state index contributed by atoms with van der Waals surface area (Å²) >= 11 is 1.66. The smallest absolute Gasteiger partial charge is 0.230 e. The molecule has 2 heterocycles. The second-order valence-corrected chi connectivity index (χ2v) is 5.72. The highest BCUT2D eigenvalue weighted by molar-refractivity contribution is 7.10. The van der Waals surface area contributed by atoms with Gasteiger partial charge in [0.15, 0.2) is 0 Å². The molecule has 0 saturated carbocycles. The molecule has 3 nitrogen and oxygen atoms in total. The molecule has 0 aliphatic carbocycles. The Morgan fingerprint density at radius 2 is 2.29 bits per heavy atom. The molecular weight excluding hydrogens is 232 g/mol. The van der Waals surface area contributed by atoms with E-state index in [9.17, 15) is 4.79 Å². The highest BCUT2D eigenvalue weighted by Crippen LogP contribution is 2.25. The van der Waals surface area contributed by atoms with Crippen LogP contribution < -0.4 is 5.73 Å². The Balaban J connectivity index is 1.93. The molecule has 0 bridgehead atoms. The molecule has 1 aliphatic heterocycles. The van der Waals surface area contributed by atoms with E-state index in [1.54, 1.807) is 11.3 Å². The van der Waals surface area contributed by atoms with Crippen LogP contribution in [0.2, 0.25) is 0 Å². The van der Waals surface area contributed by atoms with Crippen LogP contribution in [0, 0.1) is 5.92 Å². The fourth-order valence-corrected chi connectivity index (χ4v) is 3.10. The highest BCUT2D eigenvalue weighted by Gasteiger charge is 2.26. The molecule has 1 aromatic heterocycles. The Kier molecular flexibility index (Phi) is 4.18. The number of carbonyl (C=O) groups excluding carboxylic acids is 1. The molecule has 2 rings (SSSR count). The Morgan fingerprint density at radius 3 is 2.82 bits per heavy atom. The molecule has 1 atom stereocenters. The number of thiophene rings is 1. The third-order valence-electron chi connectivity index (χ3n) is 3.60. The zero-order valence-corrected chi connectivity index (χ0v) is 11.1. The van der Waals surface area contributed by atoms with Gasteiger partial charge in [-0.25, -0.2) is 0 Å². The lowest BCUT2D eigenvalue weighted by molar-refractivity contribution is -0.133. The van der Waals surface area contributed by atoms with Crippen molar-refractivity contribution in [3.63, 3.8) is 0 Å². The van der Waals surface area contributed by atoms with E-state index in [-0.39, 0.29) is 11.8 Å². The van der Waals surface area contributed by atoms with E-state index >= 15 is 0 Å². The molecule has 1 aliphatic rings. The van der Waals surface area contributed by atoms with Gasteiger partial charge in [0.1, 0.15) is 0 Å². The van der Waals surface area contributed by atoms with E-state index < -0.39 is 0 Å². The van der Waals surface area contributed by atoms with E-state index in [1.807, 2.05) is 29.3 Å². The Morgan fingerprint density at radius 1 is 1.59 bits per heavy atom. The molecule has 0 aromatic carbocycles. The third kappa shape index (κ3) is 2.87.